The Morgan fingerprint density at radius 1 is 1.19 bits per heavy atom. The van der Waals surface area contributed by atoms with Crippen LogP contribution in [0.25, 0.3) is 0 Å². The maximum atomic E-state index is 12.2. The molecule has 150 valence electrons. The lowest BCUT2D eigenvalue weighted by atomic mass is 9.73. The van der Waals surface area contributed by atoms with Crippen LogP contribution in [0, 0.1) is 5.41 Å². The highest BCUT2D eigenvalue weighted by molar-refractivity contribution is 5.77. The zero-order valence-corrected chi connectivity index (χ0v) is 17.1. The van der Waals surface area contributed by atoms with Gasteiger partial charge in [-0.2, -0.15) is 0 Å². The van der Waals surface area contributed by atoms with Crippen LogP contribution in [0.1, 0.15) is 46.0 Å². The Morgan fingerprint density at radius 3 is 2.78 bits per heavy atom. The van der Waals surface area contributed by atoms with E-state index >= 15 is 0 Å². The molecule has 5 nitrogen and oxygen atoms in total. The van der Waals surface area contributed by atoms with Gasteiger partial charge in [0, 0.05) is 43.6 Å². The summed E-state index contributed by atoms with van der Waals surface area (Å²) in [5, 5.41) is 0. The first-order valence-corrected chi connectivity index (χ1v) is 10.3. The normalized spacial score (nSPS) is 23.9. The van der Waals surface area contributed by atoms with E-state index in [0.717, 1.165) is 50.5 Å². The van der Waals surface area contributed by atoms with E-state index in [-0.39, 0.29) is 0 Å². The molecule has 2 heterocycles. The fourth-order valence-corrected chi connectivity index (χ4v) is 4.52. The van der Waals surface area contributed by atoms with Gasteiger partial charge in [-0.15, -0.1) is 0 Å². The summed E-state index contributed by atoms with van der Waals surface area (Å²) in [4.78, 5) is 16.9. The molecule has 5 heteroatoms. The molecule has 2 saturated heterocycles. The fraction of sp³-hybridized carbons (Fsp3) is 0.682. The number of hydrogen-bond acceptors (Lipinski definition) is 4. The Labute approximate surface area is 163 Å². The van der Waals surface area contributed by atoms with E-state index in [4.69, 9.17) is 9.47 Å². The second-order valence-corrected chi connectivity index (χ2v) is 8.38. The average Bonchev–Trinajstić information content (AvgIpc) is 2.68. The molecule has 1 spiro atoms. The molecule has 0 saturated carbocycles. The quantitative estimate of drug-likeness (QED) is 0.684. The lowest BCUT2D eigenvalue weighted by Gasteiger charge is -2.49. The number of carbonyl (C=O) groups excluding carboxylic acids is 1. The summed E-state index contributed by atoms with van der Waals surface area (Å²) in [5.41, 5.74) is 0.296. The molecule has 0 aliphatic carbocycles. The molecule has 1 amide bonds. The Bertz CT molecular complexity index is 634. The number of benzene rings is 1. The van der Waals surface area contributed by atoms with Crippen molar-refractivity contribution >= 4 is 5.91 Å². The molecule has 2 aliphatic heterocycles. The summed E-state index contributed by atoms with van der Waals surface area (Å²) >= 11 is 0. The van der Waals surface area contributed by atoms with Crippen LogP contribution in [0.4, 0.5) is 0 Å². The van der Waals surface area contributed by atoms with E-state index in [1.54, 1.807) is 7.11 Å². The van der Waals surface area contributed by atoms with Crippen molar-refractivity contribution in [3.05, 3.63) is 24.3 Å². The minimum atomic E-state index is 0.296. The van der Waals surface area contributed by atoms with E-state index in [9.17, 15) is 4.79 Å². The van der Waals surface area contributed by atoms with E-state index in [1.807, 2.05) is 24.3 Å². The zero-order valence-electron chi connectivity index (χ0n) is 17.1. The zero-order chi connectivity index (χ0) is 19.3. The number of amides is 1. The molecule has 1 aromatic rings. The van der Waals surface area contributed by atoms with E-state index < -0.39 is 0 Å². The molecule has 2 aliphatic rings. The number of piperidine rings is 2. The molecular formula is C22H34N2O3. The number of rotatable bonds is 7. The van der Waals surface area contributed by atoms with Crippen molar-refractivity contribution in [2.45, 2.75) is 52.0 Å². The molecule has 0 aromatic heterocycles. The van der Waals surface area contributed by atoms with Gasteiger partial charge in [0.15, 0.2) is 0 Å². The molecular weight excluding hydrogens is 340 g/mol. The van der Waals surface area contributed by atoms with Crippen LogP contribution in [-0.4, -0.2) is 61.6 Å². The summed E-state index contributed by atoms with van der Waals surface area (Å²) in [6.45, 7) is 9.25. The van der Waals surface area contributed by atoms with Gasteiger partial charge in [0.2, 0.25) is 5.91 Å². The second kappa shape index (κ2) is 8.96. The van der Waals surface area contributed by atoms with Gasteiger partial charge < -0.3 is 19.3 Å². The smallest absolute Gasteiger partial charge is 0.222 e. The molecule has 2 fully saturated rings. The van der Waals surface area contributed by atoms with Crippen LogP contribution in [-0.2, 0) is 4.79 Å². The number of carbonyl (C=O) groups is 1. The van der Waals surface area contributed by atoms with E-state index in [1.165, 1.54) is 12.8 Å². The van der Waals surface area contributed by atoms with E-state index in [0.29, 0.717) is 30.4 Å². The Hall–Kier alpha value is -1.75. The first kappa shape index (κ1) is 20.0. The van der Waals surface area contributed by atoms with Crippen molar-refractivity contribution in [3.63, 3.8) is 0 Å². The summed E-state index contributed by atoms with van der Waals surface area (Å²) in [6.07, 6.45) is 5.26. The van der Waals surface area contributed by atoms with Gasteiger partial charge in [-0.3, -0.25) is 4.79 Å². The molecule has 1 aromatic carbocycles. The molecule has 0 bridgehead atoms. The molecule has 3 rings (SSSR count). The topological polar surface area (TPSA) is 42.0 Å². The van der Waals surface area contributed by atoms with Crippen molar-refractivity contribution in [2.75, 3.05) is 39.9 Å². The third-order valence-electron chi connectivity index (χ3n) is 5.99. The summed E-state index contributed by atoms with van der Waals surface area (Å²) < 4.78 is 11.1. The standard InChI is InChI=1S/C22H34N2O3/c1-18(2)24-17-22(11-9-21(24)25)10-5-12-23(16-22)13-6-14-27-20-8-4-7-19(15-20)26-3/h4,7-8,15,18H,5-6,9-14,16-17H2,1-3H3. The number of methoxy groups -OCH3 is 1. The van der Waals surface area contributed by atoms with Crippen LogP contribution in [0.3, 0.4) is 0 Å². The van der Waals surface area contributed by atoms with Crippen molar-refractivity contribution < 1.29 is 14.3 Å². The molecule has 1 atom stereocenters. The van der Waals surface area contributed by atoms with Crippen molar-refractivity contribution in [3.8, 4) is 11.5 Å². The minimum absolute atomic E-state index is 0.296. The Morgan fingerprint density at radius 2 is 2.00 bits per heavy atom. The largest absolute Gasteiger partial charge is 0.497 e. The third kappa shape index (κ3) is 5.16. The van der Waals surface area contributed by atoms with Gasteiger partial charge in [0.25, 0.3) is 0 Å². The SMILES string of the molecule is COc1cccc(OCCCN2CCCC3(CCC(=O)N(C(C)C)C3)C2)c1. The number of likely N-dealkylation sites (tertiary alicyclic amines) is 2. The average molecular weight is 375 g/mol. The van der Waals surface area contributed by atoms with Crippen LogP contribution in [0.15, 0.2) is 24.3 Å². The highest BCUT2D eigenvalue weighted by atomic mass is 16.5. The number of nitrogens with zero attached hydrogens (tertiary/aromatic N) is 2. The first-order valence-electron chi connectivity index (χ1n) is 10.3. The third-order valence-corrected chi connectivity index (χ3v) is 5.99. The maximum absolute atomic E-state index is 12.2. The summed E-state index contributed by atoms with van der Waals surface area (Å²) in [7, 11) is 1.67. The van der Waals surface area contributed by atoms with Gasteiger partial charge in [-0.25, -0.2) is 0 Å². The predicted octanol–water partition coefficient (Wildman–Crippen LogP) is 3.58. The van der Waals surface area contributed by atoms with Crippen LogP contribution >= 0.6 is 0 Å². The second-order valence-electron chi connectivity index (χ2n) is 8.38. The lowest BCUT2D eigenvalue weighted by molar-refractivity contribution is -0.141. The summed E-state index contributed by atoms with van der Waals surface area (Å²) in [6, 6.07) is 8.08. The Balaban J connectivity index is 1.46. The minimum Gasteiger partial charge on any atom is -0.497 e. The van der Waals surface area contributed by atoms with E-state index in [2.05, 4.69) is 23.6 Å². The highest BCUT2D eigenvalue weighted by Gasteiger charge is 2.42. The van der Waals surface area contributed by atoms with Gasteiger partial charge >= 0.3 is 0 Å². The van der Waals surface area contributed by atoms with Gasteiger partial charge in [0.05, 0.1) is 13.7 Å². The van der Waals surface area contributed by atoms with Crippen LogP contribution < -0.4 is 9.47 Å². The molecule has 1 unspecified atom stereocenters. The van der Waals surface area contributed by atoms with Crippen molar-refractivity contribution in [2.24, 2.45) is 5.41 Å². The molecule has 0 radical (unpaired) electrons. The van der Waals surface area contributed by atoms with Crippen LogP contribution in [0.5, 0.6) is 11.5 Å². The maximum Gasteiger partial charge on any atom is 0.222 e. The van der Waals surface area contributed by atoms with Gasteiger partial charge in [0.1, 0.15) is 11.5 Å². The number of ether oxygens (including phenoxy) is 2. The highest BCUT2D eigenvalue weighted by Crippen LogP contribution is 2.39. The number of hydrogen-bond donors (Lipinski definition) is 0. The van der Waals surface area contributed by atoms with Crippen molar-refractivity contribution in [1.82, 2.24) is 9.80 Å². The predicted molar refractivity (Wildman–Crippen MR) is 107 cm³/mol. The van der Waals surface area contributed by atoms with Crippen LogP contribution in [0.2, 0.25) is 0 Å². The monoisotopic (exact) mass is 374 g/mol. The first-order chi connectivity index (χ1) is 13.0. The molecule has 0 N–H and O–H groups in total. The Kier molecular flexibility index (Phi) is 6.64. The van der Waals surface area contributed by atoms with Gasteiger partial charge in [-0.05, 0) is 58.2 Å². The summed E-state index contributed by atoms with van der Waals surface area (Å²) in [5.74, 6) is 2.02. The van der Waals surface area contributed by atoms with Crippen molar-refractivity contribution in [1.29, 1.82) is 0 Å². The molecule has 27 heavy (non-hydrogen) atoms. The lowest BCUT2D eigenvalue weighted by Crippen LogP contribution is -2.55. The fourth-order valence-electron chi connectivity index (χ4n) is 4.52. The van der Waals surface area contributed by atoms with Gasteiger partial charge in [-0.1, -0.05) is 6.07 Å².